The van der Waals surface area contributed by atoms with Crippen LogP contribution in [0.25, 0.3) is 0 Å². The van der Waals surface area contributed by atoms with Gasteiger partial charge in [-0.25, -0.2) is 0 Å². The maximum absolute atomic E-state index is 10.3. The van der Waals surface area contributed by atoms with Crippen LogP contribution in [0.2, 0.25) is 0 Å². The van der Waals surface area contributed by atoms with E-state index in [1.54, 1.807) is 0 Å². The van der Waals surface area contributed by atoms with Crippen molar-refractivity contribution in [3.63, 3.8) is 0 Å². The Balaban J connectivity index is 3.16. The number of thioether (sulfide) groups is 1. The van der Waals surface area contributed by atoms with Gasteiger partial charge in [0.25, 0.3) is 0 Å². The van der Waals surface area contributed by atoms with E-state index in [9.17, 15) is 4.79 Å². The maximum Gasteiger partial charge on any atom is 0.231 e. The summed E-state index contributed by atoms with van der Waals surface area (Å²) in [7, 11) is 0. The summed E-state index contributed by atoms with van der Waals surface area (Å²) in [5, 5.41) is 2.98. The molecule has 0 aliphatic rings. The van der Waals surface area contributed by atoms with Crippen molar-refractivity contribution in [3.8, 4) is 0 Å². The highest BCUT2D eigenvalue weighted by atomic mass is 32.2. The Morgan fingerprint density at radius 1 is 1.73 bits per heavy atom. The Kier molecular flexibility index (Phi) is 6.36. The zero-order valence-corrected chi connectivity index (χ0v) is 7.91. The lowest BCUT2D eigenvalue weighted by Gasteiger charge is -2.09. The molecule has 0 rings (SSSR count). The van der Waals surface area contributed by atoms with Gasteiger partial charge in [0.1, 0.15) is 0 Å². The number of carbonyl (C=O) groups is 1. The molecule has 11 heavy (non-hydrogen) atoms. The Hall–Kier alpha value is -0.220. The Morgan fingerprint density at radius 2 is 2.36 bits per heavy atom. The molecule has 3 nitrogen and oxygen atoms in total. The lowest BCUT2D eigenvalue weighted by atomic mass is 10.2. The molecule has 0 aliphatic heterocycles. The van der Waals surface area contributed by atoms with Crippen LogP contribution in [0.1, 0.15) is 6.92 Å². The molecule has 0 heterocycles. The predicted octanol–water partition coefficient (Wildman–Crippen LogP) is 0.0604. The highest BCUT2D eigenvalue weighted by Gasteiger charge is 2.00. The van der Waals surface area contributed by atoms with Gasteiger partial charge in [0.2, 0.25) is 5.91 Å². The minimum Gasteiger partial charge on any atom is -0.369 e. The van der Waals surface area contributed by atoms with Gasteiger partial charge < -0.3 is 11.1 Å². The van der Waals surface area contributed by atoms with Crippen molar-refractivity contribution in [1.82, 2.24) is 5.32 Å². The maximum atomic E-state index is 10.3. The molecule has 0 saturated carbocycles. The molecule has 1 atom stereocenters. The lowest BCUT2D eigenvalue weighted by Crippen LogP contribution is -2.32. The number of nitrogens with one attached hydrogen (secondary N) is 1. The molecule has 0 aromatic carbocycles. The third-order valence-corrected chi connectivity index (χ3v) is 2.15. The molecule has 1 unspecified atom stereocenters. The van der Waals surface area contributed by atoms with Crippen LogP contribution in [0.5, 0.6) is 0 Å². The smallest absolute Gasteiger partial charge is 0.231 e. The van der Waals surface area contributed by atoms with Crippen molar-refractivity contribution in [3.05, 3.63) is 0 Å². The summed E-state index contributed by atoms with van der Waals surface area (Å²) < 4.78 is 0. The number of carbonyl (C=O) groups excluding carboxylic acids is 1. The normalized spacial score (nSPS) is 12.9. The van der Waals surface area contributed by atoms with Gasteiger partial charge in [-0.15, -0.1) is 0 Å². The van der Waals surface area contributed by atoms with Crippen LogP contribution in [0, 0.1) is 5.92 Å². The molecular formula is C7H16N2OS. The predicted molar refractivity (Wildman–Crippen MR) is 49.6 cm³/mol. The molecule has 0 saturated heterocycles. The van der Waals surface area contributed by atoms with Gasteiger partial charge in [0.05, 0.1) is 6.54 Å². The molecule has 0 aromatic heterocycles. The van der Waals surface area contributed by atoms with Crippen molar-refractivity contribution >= 4 is 17.7 Å². The molecular weight excluding hydrogens is 160 g/mol. The lowest BCUT2D eigenvalue weighted by molar-refractivity contribution is -0.117. The van der Waals surface area contributed by atoms with Gasteiger partial charge in [0, 0.05) is 0 Å². The summed E-state index contributed by atoms with van der Waals surface area (Å²) in [5.41, 5.74) is 4.95. The topological polar surface area (TPSA) is 55.1 Å². The summed E-state index contributed by atoms with van der Waals surface area (Å²) in [5.74, 6) is 1.43. The van der Waals surface area contributed by atoms with Crippen LogP contribution in [0.4, 0.5) is 0 Å². The van der Waals surface area contributed by atoms with Gasteiger partial charge in [-0.1, -0.05) is 6.92 Å². The highest BCUT2D eigenvalue weighted by Crippen LogP contribution is 2.01. The molecule has 1 amide bonds. The largest absolute Gasteiger partial charge is 0.369 e. The zero-order chi connectivity index (χ0) is 8.69. The van der Waals surface area contributed by atoms with Crippen LogP contribution in [-0.2, 0) is 4.79 Å². The third kappa shape index (κ3) is 7.68. The van der Waals surface area contributed by atoms with Gasteiger partial charge in [0.15, 0.2) is 0 Å². The minimum absolute atomic E-state index is 0.290. The SMILES string of the molecule is CSCC(C)CNCC(N)=O. The van der Waals surface area contributed by atoms with E-state index in [0.29, 0.717) is 12.5 Å². The monoisotopic (exact) mass is 176 g/mol. The quantitative estimate of drug-likeness (QED) is 0.602. The van der Waals surface area contributed by atoms with Crippen molar-refractivity contribution in [2.75, 3.05) is 25.1 Å². The fourth-order valence-electron chi connectivity index (χ4n) is 0.785. The molecule has 0 aliphatic carbocycles. The fraction of sp³-hybridized carbons (Fsp3) is 0.857. The second kappa shape index (κ2) is 6.49. The van der Waals surface area contributed by atoms with Gasteiger partial charge in [-0.3, -0.25) is 4.79 Å². The second-order valence-corrected chi connectivity index (χ2v) is 3.57. The number of hydrogen-bond donors (Lipinski definition) is 2. The van der Waals surface area contributed by atoms with Crippen LogP contribution >= 0.6 is 11.8 Å². The second-order valence-electron chi connectivity index (χ2n) is 2.66. The molecule has 0 bridgehead atoms. The Bertz CT molecular complexity index is 119. The van der Waals surface area contributed by atoms with E-state index in [0.717, 1.165) is 12.3 Å². The fourth-order valence-corrected chi connectivity index (χ4v) is 1.47. The molecule has 66 valence electrons. The van der Waals surface area contributed by atoms with E-state index in [-0.39, 0.29) is 5.91 Å². The molecule has 0 aromatic rings. The minimum atomic E-state index is -0.290. The van der Waals surface area contributed by atoms with Gasteiger partial charge in [-0.2, -0.15) is 11.8 Å². The summed E-state index contributed by atoms with van der Waals surface area (Å²) in [4.78, 5) is 10.3. The van der Waals surface area contributed by atoms with E-state index in [1.807, 2.05) is 11.8 Å². The molecule has 3 N–H and O–H groups in total. The average Bonchev–Trinajstić information content (AvgIpc) is 1.87. The number of hydrogen-bond acceptors (Lipinski definition) is 3. The van der Waals surface area contributed by atoms with E-state index in [2.05, 4.69) is 18.5 Å². The van der Waals surface area contributed by atoms with Crippen molar-refractivity contribution in [2.45, 2.75) is 6.92 Å². The first-order valence-corrected chi connectivity index (χ1v) is 5.04. The average molecular weight is 176 g/mol. The van der Waals surface area contributed by atoms with Crippen LogP contribution in [0.15, 0.2) is 0 Å². The first-order chi connectivity index (χ1) is 5.16. The van der Waals surface area contributed by atoms with Gasteiger partial charge in [-0.05, 0) is 24.5 Å². The van der Waals surface area contributed by atoms with E-state index < -0.39 is 0 Å². The summed E-state index contributed by atoms with van der Waals surface area (Å²) in [6, 6.07) is 0. The standard InChI is InChI=1S/C7H16N2OS/c1-6(5-11-2)3-9-4-7(8)10/h6,9H,3-5H2,1-2H3,(H2,8,10). The number of nitrogens with two attached hydrogens (primary N) is 1. The Labute approximate surface area is 72.1 Å². The third-order valence-electron chi connectivity index (χ3n) is 1.24. The van der Waals surface area contributed by atoms with Crippen LogP contribution < -0.4 is 11.1 Å². The summed E-state index contributed by atoms with van der Waals surface area (Å²) in [6.45, 7) is 3.30. The first kappa shape index (κ1) is 10.8. The van der Waals surface area contributed by atoms with E-state index in [4.69, 9.17) is 5.73 Å². The van der Waals surface area contributed by atoms with E-state index in [1.165, 1.54) is 0 Å². The molecule has 4 heteroatoms. The highest BCUT2D eigenvalue weighted by molar-refractivity contribution is 7.98. The van der Waals surface area contributed by atoms with Crippen molar-refractivity contribution in [1.29, 1.82) is 0 Å². The molecule has 0 radical (unpaired) electrons. The van der Waals surface area contributed by atoms with Crippen molar-refractivity contribution < 1.29 is 4.79 Å². The molecule has 0 fully saturated rings. The first-order valence-electron chi connectivity index (χ1n) is 3.64. The van der Waals surface area contributed by atoms with Crippen LogP contribution in [0.3, 0.4) is 0 Å². The number of primary amides is 1. The summed E-state index contributed by atoms with van der Waals surface area (Å²) >= 11 is 1.81. The number of amides is 1. The number of rotatable bonds is 6. The molecule has 0 spiro atoms. The summed E-state index contributed by atoms with van der Waals surface area (Å²) in [6.07, 6.45) is 2.07. The van der Waals surface area contributed by atoms with E-state index >= 15 is 0 Å². The van der Waals surface area contributed by atoms with Gasteiger partial charge >= 0.3 is 0 Å². The van der Waals surface area contributed by atoms with Crippen molar-refractivity contribution in [2.24, 2.45) is 11.7 Å². The van der Waals surface area contributed by atoms with Crippen LogP contribution in [-0.4, -0.2) is 31.0 Å². The Morgan fingerprint density at radius 3 is 2.82 bits per heavy atom. The zero-order valence-electron chi connectivity index (χ0n) is 7.09.